The monoisotopic (exact) mass is 433 g/mol. The maximum atomic E-state index is 12.1. The summed E-state index contributed by atoms with van der Waals surface area (Å²) in [4.78, 5) is 17.1. The predicted molar refractivity (Wildman–Crippen MR) is 122 cm³/mol. The van der Waals surface area contributed by atoms with E-state index in [0.717, 1.165) is 51.1 Å². The van der Waals surface area contributed by atoms with Gasteiger partial charge in [-0.15, -0.1) is 0 Å². The van der Waals surface area contributed by atoms with E-state index in [4.69, 9.17) is 23.2 Å². The molecule has 1 heterocycles. The molecule has 3 rings (SSSR count). The zero-order valence-electron chi connectivity index (χ0n) is 17.0. The summed E-state index contributed by atoms with van der Waals surface area (Å²) >= 11 is 12.0. The first-order valence-electron chi connectivity index (χ1n) is 10.3. The first kappa shape index (κ1) is 21.9. The molecule has 0 spiro atoms. The van der Waals surface area contributed by atoms with Crippen LogP contribution in [0.2, 0.25) is 10.0 Å². The number of carbonyl (C=O) groups excluding carboxylic acids is 1. The molecule has 0 aromatic heterocycles. The number of halogens is 2. The minimum atomic E-state index is 0.000918. The first-order chi connectivity index (χ1) is 14.0. The van der Waals surface area contributed by atoms with Crippen molar-refractivity contribution in [1.29, 1.82) is 0 Å². The van der Waals surface area contributed by atoms with Crippen molar-refractivity contribution in [2.75, 3.05) is 44.2 Å². The number of piperazine rings is 1. The van der Waals surface area contributed by atoms with Crippen LogP contribution in [0.5, 0.6) is 0 Å². The summed E-state index contributed by atoms with van der Waals surface area (Å²) in [5.74, 6) is 0.000918. The molecule has 2 aromatic carbocycles. The van der Waals surface area contributed by atoms with E-state index in [-0.39, 0.29) is 12.3 Å². The zero-order valence-corrected chi connectivity index (χ0v) is 18.5. The van der Waals surface area contributed by atoms with Crippen molar-refractivity contribution >= 4 is 34.8 Å². The third-order valence-corrected chi connectivity index (χ3v) is 5.92. The van der Waals surface area contributed by atoms with Gasteiger partial charge >= 0.3 is 0 Å². The summed E-state index contributed by atoms with van der Waals surface area (Å²) in [5.41, 5.74) is 3.44. The summed E-state index contributed by atoms with van der Waals surface area (Å²) in [6.07, 6.45) is 2.36. The van der Waals surface area contributed by atoms with Gasteiger partial charge in [0.2, 0.25) is 5.91 Å². The van der Waals surface area contributed by atoms with Gasteiger partial charge < -0.3 is 10.2 Å². The van der Waals surface area contributed by atoms with Crippen molar-refractivity contribution in [3.63, 3.8) is 0 Å². The van der Waals surface area contributed by atoms with Gasteiger partial charge in [-0.1, -0.05) is 41.4 Å². The standard InChI is InChI=1S/C23H29Cl2N3O/c1-18-5-4-6-21(15-18)28-13-11-27(12-14-28)10-3-2-9-26-23(29)16-19-7-8-20(24)17-22(19)25/h4-8,15,17H,2-3,9-14,16H2,1H3,(H,26,29). The van der Waals surface area contributed by atoms with E-state index in [1.807, 2.05) is 0 Å². The maximum absolute atomic E-state index is 12.1. The molecule has 0 bridgehead atoms. The normalized spacial score (nSPS) is 14.8. The van der Waals surface area contributed by atoms with Crippen molar-refractivity contribution in [1.82, 2.24) is 10.2 Å². The van der Waals surface area contributed by atoms with E-state index in [0.29, 0.717) is 16.6 Å². The Hall–Kier alpha value is -1.75. The Morgan fingerprint density at radius 3 is 2.55 bits per heavy atom. The highest BCUT2D eigenvalue weighted by molar-refractivity contribution is 6.35. The fraction of sp³-hybridized carbons (Fsp3) is 0.435. The van der Waals surface area contributed by atoms with Gasteiger partial charge in [0.05, 0.1) is 6.42 Å². The van der Waals surface area contributed by atoms with Gasteiger partial charge in [0.15, 0.2) is 0 Å². The van der Waals surface area contributed by atoms with Gasteiger partial charge in [0, 0.05) is 48.5 Å². The van der Waals surface area contributed by atoms with Crippen LogP contribution in [0.15, 0.2) is 42.5 Å². The number of unbranched alkanes of at least 4 members (excludes halogenated alkanes) is 1. The second kappa shape index (κ2) is 10.9. The largest absolute Gasteiger partial charge is 0.369 e. The van der Waals surface area contributed by atoms with Crippen LogP contribution < -0.4 is 10.2 Å². The molecule has 4 nitrogen and oxygen atoms in total. The molecule has 1 aliphatic rings. The molecule has 6 heteroatoms. The summed E-state index contributed by atoms with van der Waals surface area (Å²) in [6, 6.07) is 14.0. The number of benzene rings is 2. The van der Waals surface area contributed by atoms with Gasteiger partial charge in [-0.25, -0.2) is 0 Å². The van der Waals surface area contributed by atoms with Crippen LogP contribution >= 0.6 is 23.2 Å². The summed E-state index contributed by atoms with van der Waals surface area (Å²) in [6.45, 7) is 8.26. The lowest BCUT2D eigenvalue weighted by Gasteiger charge is -2.36. The molecule has 0 radical (unpaired) electrons. The molecule has 0 unspecified atom stereocenters. The fourth-order valence-corrected chi connectivity index (χ4v) is 4.12. The van der Waals surface area contributed by atoms with Gasteiger partial charge in [-0.05, 0) is 61.7 Å². The number of amides is 1. The van der Waals surface area contributed by atoms with E-state index in [9.17, 15) is 4.79 Å². The number of rotatable bonds is 8. The lowest BCUT2D eigenvalue weighted by atomic mass is 10.1. The highest BCUT2D eigenvalue weighted by Gasteiger charge is 2.16. The maximum Gasteiger partial charge on any atom is 0.224 e. The van der Waals surface area contributed by atoms with Crippen LogP contribution in [0.25, 0.3) is 0 Å². The minimum absolute atomic E-state index is 0.000918. The first-order valence-corrected chi connectivity index (χ1v) is 11.0. The molecule has 0 saturated carbocycles. The van der Waals surface area contributed by atoms with Crippen molar-refractivity contribution in [3.05, 3.63) is 63.6 Å². The molecule has 1 saturated heterocycles. The van der Waals surface area contributed by atoms with Crippen LogP contribution in [0.3, 0.4) is 0 Å². The molecule has 29 heavy (non-hydrogen) atoms. The minimum Gasteiger partial charge on any atom is -0.369 e. The number of nitrogens with one attached hydrogen (secondary N) is 1. The molecule has 1 amide bonds. The molecule has 0 aliphatic carbocycles. The van der Waals surface area contributed by atoms with Gasteiger partial charge in [0.25, 0.3) is 0 Å². The number of aryl methyl sites for hydroxylation is 1. The number of hydrogen-bond acceptors (Lipinski definition) is 3. The summed E-state index contributed by atoms with van der Waals surface area (Å²) < 4.78 is 0. The third kappa shape index (κ3) is 6.91. The molecular formula is C23H29Cl2N3O. The summed E-state index contributed by atoms with van der Waals surface area (Å²) in [5, 5.41) is 4.11. The predicted octanol–water partition coefficient (Wildman–Crippen LogP) is 4.56. The molecule has 1 fully saturated rings. The lowest BCUT2D eigenvalue weighted by Crippen LogP contribution is -2.46. The van der Waals surface area contributed by atoms with Crippen LogP contribution in [0, 0.1) is 6.92 Å². The number of anilines is 1. The van der Waals surface area contributed by atoms with E-state index >= 15 is 0 Å². The second-order valence-corrected chi connectivity index (χ2v) is 8.48. The van der Waals surface area contributed by atoms with Crippen molar-refractivity contribution in [2.24, 2.45) is 0 Å². The van der Waals surface area contributed by atoms with Crippen molar-refractivity contribution in [3.8, 4) is 0 Å². The topological polar surface area (TPSA) is 35.6 Å². The molecule has 2 aromatic rings. The van der Waals surface area contributed by atoms with E-state index < -0.39 is 0 Å². The molecule has 1 N–H and O–H groups in total. The Balaban J connectivity index is 1.29. The van der Waals surface area contributed by atoms with Gasteiger partial charge in [0.1, 0.15) is 0 Å². The Morgan fingerprint density at radius 1 is 1.03 bits per heavy atom. The molecular weight excluding hydrogens is 405 g/mol. The zero-order chi connectivity index (χ0) is 20.6. The third-order valence-electron chi connectivity index (χ3n) is 5.33. The van der Waals surface area contributed by atoms with Crippen LogP contribution in [-0.4, -0.2) is 50.1 Å². The van der Waals surface area contributed by atoms with Crippen LogP contribution in [-0.2, 0) is 11.2 Å². The Labute approximate surface area is 183 Å². The second-order valence-electron chi connectivity index (χ2n) is 7.64. The fourth-order valence-electron chi connectivity index (χ4n) is 3.64. The molecule has 0 atom stereocenters. The van der Waals surface area contributed by atoms with E-state index in [1.54, 1.807) is 18.2 Å². The summed E-state index contributed by atoms with van der Waals surface area (Å²) in [7, 11) is 0. The Bertz CT molecular complexity index is 820. The lowest BCUT2D eigenvalue weighted by molar-refractivity contribution is -0.120. The smallest absolute Gasteiger partial charge is 0.224 e. The Morgan fingerprint density at radius 2 is 1.83 bits per heavy atom. The van der Waals surface area contributed by atoms with Crippen molar-refractivity contribution < 1.29 is 4.79 Å². The average molecular weight is 434 g/mol. The average Bonchev–Trinajstić information content (AvgIpc) is 2.70. The molecule has 1 aliphatic heterocycles. The number of carbonyl (C=O) groups is 1. The van der Waals surface area contributed by atoms with Gasteiger partial charge in [-0.2, -0.15) is 0 Å². The van der Waals surface area contributed by atoms with Crippen molar-refractivity contribution in [2.45, 2.75) is 26.2 Å². The highest BCUT2D eigenvalue weighted by atomic mass is 35.5. The Kier molecular flexibility index (Phi) is 8.22. The number of nitrogens with zero attached hydrogens (tertiary/aromatic N) is 2. The van der Waals surface area contributed by atoms with Crippen LogP contribution in [0.1, 0.15) is 24.0 Å². The van der Waals surface area contributed by atoms with Crippen LogP contribution in [0.4, 0.5) is 5.69 Å². The number of hydrogen-bond donors (Lipinski definition) is 1. The SMILES string of the molecule is Cc1cccc(N2CCN(CCCCNC(=O)Cc3ccc(Cl)cc3Cl)CC2)c1. The van der Waals surface area contributed by atoms with E-state index in [1.165, 1.54) is 11.3 Å². The van der Waals surface area contributed by atoms with Gasteiger partial charge in [-0.3, -0.25) is 9.69 Å². The quantitative estimate of drug-likeness (QED) is 0.619. The molecule has 156 valence electrons. The van der Waals surface area contributed by atoms with E-state index in [2.05, 4.69) is 46.3 Å². The highest BCUT2D eigenvalue weighted by Crippen LogP contribution is 2.21.